The number of hydrogen-bond acceptors (Lipinski definition) is 12. The average molecular weight is 629 g/mol. The van der Waals surface area contributed by atoms with Crippen LogP contribution in [0.25, 0.3) is 11.2 Å². The summed E-state index contributed by atoms with van der Waals surface area (Å²) in [5, 5.41) is 11.0. The summed E-state index contributed by atoms with van der Waals surface area (Å²) in [5.41, 5.74) is 12.7. The van der Waals surface area contributed by atoms with Crippen LogP contribution < -0.4 is 16.0 Å². The zero-order chi connectivity index (χ0) is 30.1. The molecule has 5 N–H and O–H groups in total. The molecule has 3 heterocycles. The fourth-order valence-electron chi connectivity index (χ4n) is 4.26. The van der Waals surface area contributed by atoms with Gasteiger partial charge in [0.15, 0.2) is 22.0 Å². The molecule has 1 aromatic carbocycles. The summed E-state index contributed by atoms with van der Waals surface area (Å²) in [6.45, 7) is 4.00. The van der Waals surface area contributed by atoms with E-state index in [1.165, 1.54) is 24.7 Å². The van der Waals surface area contributed by atoms with E-state index in [4.69, 9.17) is 48.5 Å². The van der Waals surface area contributed by atoms with Gasteiger partial charge in [-0.2, -0.15) is 9.97 Å². The van der Waals surface area contributed by atoms with Crippen molar-refractivity contribution in [1.82, 2.24) is 19.5 Å². The Kier molecular flexibility index (Phi) is 9.27. The molecular weight excluding hydrogens is 598 g/mol. The Labute approximate surface area is 246 Å². The van der Waals surface area contributed by atoms with Crippen molar-refractivity contribution >= 4 is 65.3 Å². The highest BCUT2D eigenvalue weighted by atomic mass is 35.5. The Morgan fingerprint density at radius 3 is 2.63 bits per heavy atom. The van der Waals surface area contributed by atoms with Crippen LogP contribution in [0.1, 0.15) is 39.0 Å². The number of imidazole rings is 1. The molecule has 1 aliphatic heterocycles. The number of benzene rings is 1. The van der Waals surface area contributed by atoms with Gasteiger partial charge >= 0.3 is 7.60 Å². The lowest BCUT2D eigenvalue weighted by molar-refractivity contribution is -0.120. The van der Waals surface area contributed by atoms with E-state index >= 15 is 0 Å². The average Bonchev–Trinajstić information content (AvgIpc) is 3.40. The molecule has 1 aliphatic rings. The predicted molar refractivity (Wildman–Crippen MR) is 153 cm³/mol. The fraction of sp³-hybridized carbons (Fsp3) is 0.480. The number of para-hydroxylation sites is 1. The second-order valence-electron chi connectivity index (χ2n) is 9.94. The van der Waals surface area contributed by atoms with E-state index in [2.05, 4.69) is 15.0 Å². The molecule has 41 heavy (non-hydrogen) atoms. The molecule has 0 bridgehead atoms. The maximum Gasteiger partial charge on any atom is 0.380 e. The lowest BCUT2D eigenvalue weighted by atomic mass is 10.1. The monoisotopic (exact) mass is 628 g/mol. The number of halogens is 2. The Hall–Kier alpha value is -2.80. The van der Waals surface area contributed by atoms with Crippen molar-refractivity contribution < 1.29 is 33.0 Å². The molecule has 5 atom stereocenters. The molecule has 2 aromatic heterocycles. The van der Waals surface area contributed by atoms with Crippen LogP contribution in [0.4, 0.5) is 11.8 Å². The van der Waals surface area contributed by atoms with Gasteiger partial charge in [-0.15, -0.1) is 0 Å². The number of ether oxygens (including phenoxy) is 1. The first kappa shape index (κ1) is 31.1. The number of fused-ring (bicyclic) bond motifs is 1. The van der Waals surface area contributed by atoms with Gasteiger partial charge in [-0.05, 0) is 31.9 Å². The van der Waals surface area contributed by atoms with Crippen LogP contribution in [0.15, 0.2) is 30.6 Å². The van der Waals surface area contributed by atoms with Gasteiger partial charge in [0.05, 0.1) is 19.1 Å². The Morgan fingerprint density at radius 1 is 1.24 bits per heavy atom. The molecule has 13 nitrogen and oxygen atoms in total. The number of hydrogen-bond donors (Lipinski definition) is 3. The van der Waals surface area contributed by atoms with Crippen LogP contribution in [0, 0.1) is 5.92 Å². The number of aromatic nitrogens is 4. The summed E-state index contributed by atoms with van der Waals surface area (Å²) in [6, 6.07) is 6.81. The van der Waals surface area contributed by atoms with Gasteiger partial charge in [0.2, 0.25) is 5.95 Å². The van der Waals surface area contributed by atoms with E-state index in [0.717, 1.165) is 0 Å². The minimum atomic E-state index is -4.03. The number of anilines is 2. The Bertz CT molecular complexity index is 1500. The third-order valence-corrected chi connectivity index (χ3v) is 9.51. The van der Waals surface area contributed by atoms with Crippen LogP contribution in [0.5, 0.6) is 5.75 Å². The minimum Gasteiger partial charge on any atom is -0.424 e. The standard InChI is InChI=1S/C25H31Cl2N6O7P/c1-13(15(3)35)11-41(37,40-17-7-5-4-6-16(17)9-8-14(2)34)38-10-18-20(36)25(26,27)23(39-18)33-12-30-19-21(28)31-24(29)32-22(19)33/h4-7,12-13,18,20,23,36H,8-11H2,1-3H3,(H4,28,29,31,32)/t13-,18-,20+,23-,41?/m1/s1. The van der Waals surface area contributed by atoms with E-state index in [0.29, 0.717) is 12.0 Å². The summed E-state index contributed by atoms with van der Waals surface area (Å²) in [5.74, 6) is -0.734. The lowest BCUT2D eigenvalue weighted by Crippen LogP contribution is -2.38. The number of Topliss-reactive ketones (excluding diaryl/α,β-unsaturated/α-hetero) is 2. The second kappa shape index (κ2) is 12.2. The van der Waals surface area contributed by atoms with E-state index in [1.54, 1.807) is 31.2 Å². The number of aliphatic hydroxyl groups excluding tert-OH is 1. The van der Waals surface area contributed by atoms with E-state index in [9.17, 15) is 19.3 Å². The number of nitrogen functional groups attached to an aromatic ring is 2. The van der Waals surface area contributed by atoms with Gasteiger partial charge in [0.25, 0.3) is 0 Å². The van der Waals surface area contributed by atoms with E-state index in [-0.39, 0.29) is 52.8 Å². The smallest absolute Gasteiger partial charge is 0.380 e. The highest BCUT2D eigenvalue weighted by molar-refractivity contribution is 7.54. The molecule has 0 saturated carbocycles. The fourth-order valence-corrected chi connectivity index (χ4v) is 6.87. The summed E-state index contributed by atoms with van der Waals surface area (Å²) < 4.78 is 31.2. The minimum absolute atomic E-state index is 0.0144. The van der Waals surface area contributed by atoms with Crippen LogP contribution in [0.2, 0.25) is 0 Å². The number of aryl methyl sites for hydroxylation is 1. The third kappa shape index (κ3) is 6.82. The molecule has 0 amide bonds. The molecular formula is C25H31Cl2N6O7P. The molecule has 1 saturated heterocycles. The number of aliphatic hydroxyl groups is 1. The molecule has 1 unspecified atom stereocenters. The lowest BCUT2D eigenvalue weighted by Gasteiger charge is -2.25. The SMILES string of the molecule is CC(=O)CCc1ccccc1OP(=O)(C[C@@H](C)C(C)=O)OC[C@H]1O[C@@H](n2cnc3c(N)nc(N)nc32)C(Cl)(Cl)[C@H]1O. The van der Waals surface area contributed by atoms with Gasteiger partial charge < -0.3 is 30.6 Å². The topological polar surface area (TPSA) is 195 Å². The van der Waals surface area contributed by atoms with Crippen LogP contribution >= 0.6 is 30.8 Å². The van der Waals surface area contributed by atoms with Crippen molar-refractivity contribution in [3.63, 3.8) is 0 Å². The predicted octanol–water partition coefficient (Wildman–Crippen LogP) is 3.46. The largest absolute Gasteiger partial charge is 0.424 e. The normalized spacial score (nSPS) is 22.3. The van der Waals surface area contributed by atoms with Crippen molar-refractivity contribution in [1.29, 1.82) is 0 Å². The zero-order valence-corrected chi connectivity index (χ0v) is 25.0. The first-order chi connectivity index (χ1) is 19.2. The summed E-state index contributed by atoms with van der Waals surface area (Å²) in [6.07, 6.45) is -2.24. The number of nitrogens with zero attached hydrogens (tertiary/aromatic N) is 4. The number of alkyl halides is 2. The van der Waals surface area contributed by atoms with Gasteiger partial charge in [0.1, 0.15) is 35.0 Å². The van der Waals surface area contributed by atoms with Crippen molar-refractivity contribution in [2.75, 3.05) is 24.2 Å². The van der Waals surface area contributed by atoms with Crippen LogP contribution in [0.3, 0.4) is 0 Å². The Morgan fingerprint density at radius 2 is 1.95 bits per heavy atom. The highest BCUT2D eigenvalue weighted by Crippen LogP contribution is 2.53. The van der Waals surface area contributed by atoms with Gasteiger partial charge in [-0.25, -0.2) is 9.55 Å². The molecule has 1 fully saturated rings. The summed E-state index contributed by atoms with van der Waals surface area (Å²) in [7, 11) is -4.03. The van der Waals surface area contributed by atoms with Crippen LogP contribution in [-0.2, 0) is 29.8 Å². The molecule has 4 rings (SSSR count). The van der Waals surface area contributed by atoms with E-state index < -0.39 is 42.9 Å². The summed E-state index contributed by atoms with van der Waals surface area (Å²) in [4.78, 5) is 35.7. The molecule has 0 spiro atoms. The molecule has 0 aliphatic carbocycles. The maximum absolute atomic E-state index is 14.0. The summed E-state index contributed by atoms with van der Waals surface area (Å²) >= 11 is 13.1. The maximum atomic E-state index is 14.0. The molecule has 0 radical (unpaired) electrons. The first-order valence-corrected chi connectivity index (χ1v) is 15.2. The van der Waals surface area contributed by atoms with Gasteiger partial charge in [-0.1, -0.05) is 48.3 Å². The first-order valence-electron chi connectivity index (χ1n) is 12.7. The van der Waals surface area contributed by atoms with Crippen molar-refractivity contribution in [2.24, 2.45) is 5.92 Å². The van der Waals surface area contributed by atoms with Gasteiger partial charge in [0, 0.05) is 12.3 Å². The number of nitrogens with two attached hydrogens (primary N) is 2. The van der Waals surface area contributed by atoms with Crippen molar-refractivity contribution in [3.8, 4) is 5.75 Å². The number of carbonyl (C=O) groups excluding carboxylic acids is 2. The second-order valence-corrected chi connectivity index (χ2v) is 13.4. The molecule has 3 aromatic rings. The number of carbonyl (C=O) groups is 2. The number of ketones is 2. The highest BCUT2D eigenvalue weighted by Gasteiger charge is 2.56. The third-order valence-electron chi connectivity index (χ3n) is 6.68. The molecule has 16 heteroatoms. The number of rotatable bonds is 12. The zero-order valence-electron chi connectivity index (χ0n) is 22.6. The van der Waals surface area contributed by atoms with Crippen molar-refractivity contribution in [2.45, 2.75) is 56.4 Å². The Balaban J connectivity index is 1.58. The van der Waals surface area contributed by atoms with Crippen molar-refractivity contribution in [3.05, 3.63) is 36.2 Å². The quantitative estimate of drug-likeness (QED) is 0.195. The van der Waals surface area contributed by atoms with Crippen LogP contribution in [-0.4, -0.2) is 65.5 Å². The van der Waals surface area contributed by atoms with E-state index in [1.807, 2.05) is 0 Å². The molecule has 222 valence electrons. The van der Waals surface area contributed by atoms with Gasteiger partial charge in [-0.3, -0.25) is 13.9 Å².